The molecule has 0 aliphatic heterocycles. The summed E-state index contributed by atoms with van der Waals surface area (Å²) in [4.78, 5) is 16.3. The fraction of sp³-hybridized carbons (Fsp3) is 0.125. The number of hydrogen-bond acceptors (Lipinski definition) is 6. The molecule has 0 saturated carbocycles. The van der Waals surface area contributed by atoms with Gasteiger partial charge in [0, 0.05) is 18.0 Å². The zero-order valence-corrected chi connectivity index (χ0v) is 17.3. The van der Waals surface area contributed by atoms with E-state index in [1.807, 2.05) is 31.2 Å². The SMILES string of the molecule is CCOc1ccc(/C=C/C(=N\NC(=O)c2cccnc2)c2ccc(O)cc2)cc1OC. The predicted molar refractivity (Wildman–Crippen MR) is 120 cm³/mol. The molecule has 3 aromatic rings. The van der Waals surface area contributed by atoms with Crippen molar-refractivity contribution in [3.8, 4) is 17.2 Å². The van der Waals surface area contributed by atoms with Gasteiger partial charge in [0.2, 0.25) is 0 Å². The lowest BCUT2D eigenvalue weighted by Crippen LogP contribution is -2.19. The first-order chi connectivity index (χ1) is 15.1. The van der Waals surface area contributed by atoms with Crippen LogP contribution in [0.1, 0.15) is 28.4 Å². The van der Waals surface area contributed by atoms with E-state index in [1.165, 1.54) is 6.20 Å². The number of allylic oxidation sites excluding steroid dienone is 1. The molecule has 1 heterocycles. The number of aromatic hydroxyl groups is 1. The molecule has 1 aromatic heterocycles. The monoisotopic (exact) mass is 417 g/mol. The number of phenols is 1. The second-order valence-corrected chi connectivity index (χ2v) is 6.40. The third-order valence-corrected chi connectivity index (χ3v) is 4.29. The third kappa shape index (κ3) is 5.93. The molecule has 0 aliphatic carbocycles. The minimum atomic E-state index is -0.375. The Hall–Kier alpha value is -4.13. The van der Waals surface area contributed by atoms with Gasteiger partial charge in [-0.1, -0.05) is 12.1 Å². The molecule has 1 amide bonds. The highest BCUT2D eigenvalue weighted by atomic mass is 16.5. The molecule has 0 aliphatic rings. The number of phenolic OH excluding ortho intramolecular Hbond substituents is 1. The van der Waals surface area contributed by atoms with E-state index < -0.39 is 0 Å². The summed E-state index contributed by atoms with van der Waals surface area (Å²) in [6.07, 6.45) is 6.67. The molecule has 7 nitrogen and oxygen atoms in total. The largest absolute Gasteiger partial charge is 0.508 e. The van der Waals surface area contributed by atoms with Crippen LogP contribution in [0.15, 0.2) is 78.2 Å². The number of hydrazone groups is 1. The van der Waals surface area contributed by atoms with Crippen LogP contribution in [0.2, 0.25) is 0 Å². The number of aromatic nitrogens is 1. The average Bonchev–Trinajstić information content (AvgIpc) is 2.81. The van der Waals surface area contributed by atoms with Crippen molar-refractivity contribution in [2.75, 3.05) is 13.7 Å². The van der Waals surface area contributed by atoms with Crippen LogP contribution < -0.4 is 14.9 Å². The van der Waals surface area contributed by atoms with Crippen LogP contribution in [0.3, 0.4) is 0 Å². The maximum Gasteiger partial charge on any atom is 0.272 e. The van der Waals surface area contributed by atoms with E-state index >= 15 is 0 Å². The lowest BCUT2D eigenvalue weighted by Gasteiger charge is -2.09. The lowest BCUT2D eigenvalue weighted by atomic mass is 10.1. The highest BCUT2D eigenvalue weighted by Crippen LogP contribution is 2.28. The van der Waals surface area contributed by atoms with Gasteiger partial charge in [0.15, 0.2) is 11.5 Å². The first-order valence-corrected chi connectivity index (χ1v) is 9.67. The highest BCUT2D eigenvalue weighted by molar-refractivity contribution is 6.11. The van der Waals surface area contributed by atoms with Gasteiger partial charge in [0.05, 0.1) is 25.0 Å². The van der Waals surface area contributed by atoms with Crippen molar-refractivity contribution in [2.45, 2.75) is 6.92 Å². The molecule has 0 spiro atoms. The minimum Gasteiger partial charge on any atom is -0.508 e. The quantitative estimate of drug-likeness (QED) is 0.426. The van der Waals surface area contributed by atoms with Crippen LogP contribution in [0, 0.1) is 0 Å². The van der Waals surface area contributed by atoms with E-state index in [9.17, 15) is 9.90 Å². The van der Waals surface area contributed by atoms with Gasteiger partial charge >= 0.3 is 0 Å². The molecule has 7 heteroatoms. The Morgan fingerprint density at radius 3 is 2.61 bits per heavy atom. The van der Waals surface area contributed by atoms with Gasteiger partial charge in [-0.3, -0.25) is 9.78 Å². The smallest absolute Gasteiger partial charge is 0.272 e. The second kappa shape index (κ2) is 10.6. The fourth-order valence-electron chi connectivity index (χ4n) is 2.74. The first kappa shape index (κ1) is 21.6. The van der Waals surface area contributed by atoms with Crippen molar-refractivity contribution >= 4 is 17.7 Å². The van der Waals surface area contributed by atoms with Crippen molar-refractivity contribution in [1.29, 1.82) is 0 Å². The van der Waals surface area contributed by atoms with Crippen molar-refractivity contribution in [1.82, 2.24) is 10.4 Å². The minimum absolute atomic E-state index is 0.141. The first-order valence-electron chi connectivity index (χ1n) is 9.67. The normalized spacial score (nSPS) is 11.4. The number of nitrogens with zero attached hydrogens (tertiary/aromatic N) is 2. The Morgan fingerprint density at radius 2 is 1.94 bits per heavy atom. The van der Waals surface area contributed by atoms with Crippen molar-refractivity contribution < 1.29 is 19.4 Å². The van der Waals surface area contributed by atoms with Crippen molar-refractivity contribution in [3.63, 3.8) is 0 Å². The summed E-state index contributed by atoms with van der Waals surface area (Å²) >= 11 is 0. The van der Waals surface area contributed by atoms with E-state index in [0.717, 1.165) is 11.1 Å². The molecule has 0 radical (unpaired) electrons. The number of nitrogens with one attached hydrogen (secondary N) is 1. The standard InChI is InChI=1S/C24H23N3O4/c1-3-31-22-13-7-17(15-23(22)30-2)6-12-21(18-8-10-20(28)11-9-18)26-27-24(29)19-5-4-14-25-16-19/h4-16,28H,3H2,1-2H3,(H,27,29)/b12-6+,26-21+. The van der Waals surface area contributed by atoms with Crippen LogP contribution >= 0.6 is 0 Å². The Labute approximate surface area is 180 Å². The number of carbonyl (C=O) groups is 1. The molecular weight excluding hydrogens is 394 g/mol. The summed E-state index contributed by atoms with van der Waals surface area (Å²) in [5.41, 5.74) is 5.04. The van der Waals surface area contributed by atoms with Crippen LogP contribution in [-0.4, -0.2) is 35.4 Å². The Bertz CT molecular complexity index is 1080. The molecular formula is C24H23N3O4. The average molecular weight is 417 g/mol. The number of carbonyl (C=O) groups excluding carboxylic acids is 1. The number of pyridine rings is 1. The zero-order chi connectivity index (χ0) is 22.1. The molecule has 3 rings (SSSR count). The zero-order valence-electron chi connectivity index (χ0n) is 17.3. The van der Waals surface area contributed by atoms with Crippen LogP contribution in [0.5, 0.6) is 17.2 Å². The summed E-state index contributed by atoms with van der Waals surface area (Å²) < 4.78 is 10.9. The third-order valence-electron chi connectivity index (χ3n) is 4.29. The Balaban J connectivity index is 1.88. The molecule has 2 aromatic carbocycles. The van der Waals surface area contributed by atoms with Gasteiger partial charge in [0.25, 0.3) is 5.91 Å². The van der Waals surface area contributed by atoms with Crippen LogP contribution in [-0.2, 0) is 0 Å². The van der Waals surface area contributed by atoms with Crippen molar-refractivity contribution in [3.05, 3.63) is 89.8 Å². The molecule has 31 heavy (non-hydrogen) atoms. The molecule has 0 saturated heterocycles. The maximum atomic E-state index is 12.3. The maximum absolute atomic E-state index is 12.3. The summed E-state index contributed by atoms with van der Waals surface area (Å²) in [5.74, 6) is 1.05. The predicted octanol–water partition coefficient (Wildman–Crippen LogP) is 4.04. The molecule has 0 atom stereocenters. The Kier molecular flexibility index (Phi) is 7.37. The van der Waals surface area contributed by atoms with Gasteiger partial charge in [-0.15, -0.1) is 0 Å². The molecule has 0 unspecified atom stereocenters. The van der Waals surface area contributed by atoms with E-state index in [-0.39, 0.29) is 11.7 Å². The number of ether oxygens (including phenoxy) is 2. The number of hydrogen-bond donors (Lipinski definition) is 2. The summed E-state index contributed by atoms with van der Waals surface area (Å²) in [7, 11) is 1.59. The van der Waals surface area contributed by atoms with Gasteiger partial charge in [-0.25, -0.2) is 5.43 Å². The Morgan fingerprint density at radius 1 is 1.13 bits per heavy atom. The number of amides is 1. The van der Waals surface area contributed by atoms with Gasteiger partial charge in [-0.05, 0) is 67.1 Å². The summed E-state index contributed by atoms with van der Waals surface area (Å²) in [6.45, 7) is 2.45. The van der Waals surface area contributed by atoms with Crippen molar-refractivity contribution in [2.24, 2.45) is 5.10 Å². The van der Waals surface area contributed by atoms with E-state index in [4.69, 9.17) is 9.47 Å². The molecule has 0 bridgehead atoms. The van der Waals surface area contributed by atoms with Gasteiger partial charge < -0.3 is 14.6 Å². The second-order valence-electron chi connectivity index (χ2n) is 6.40. The van der Waals surface area contributed by atoms with E-state index in [2.05, 4.69) is 15.5 Å². The van der Waals surface area contributed by atoms with Gasteiger partial charge in [0.1, 0.15) is 5.75 Å². The lowest BCUT2D eigenvalue weighted by molar-refractivity contribution is 0.0954. The van der Waals surface area contributed by atoms with E-state index in [0.29, 0.717) is 29.4 Å². The van der Waals surface area contributed by atoms with E-state index in [1.54, 1.807) is 55.8 Å². The summed E-state index contributed by atoms with van der Waals surface area (Å²) in [5, 5.41) is 13.8. The highest BCUT2D eigenvalue weighted by Gasteiger charge is 2.07. The summed E-state index contributed by atoms with van der Waals surface area (Å²) in [6, 6.07) is 15.5. The number of methoxy groups -OCH3 is 1. The number of benzene rings is 2. The van der Waals surface area contributed by atoms with Crippen LogP contribution in [0.25, 0.3) is 6.08 Å². The van der Waals surface area contributed by atoms with Crippen LogP contribution in [0.4, 0.5) is 0 Å². The number of rotatable bonds is 8. The molecule has 158 valence electrons. The van der Waals surface area contributed by atoms with Gasteiger partial charge in [-0.2, -0.15) is 5.10 Å². The molecule has 0 fully saturated rings. The topological polar surface area (TPSA) is 93.0 Å². The fourth-order valence-corrected chi connectivity index (χ4v) is 2.74. The molecule has 2 N–H and O–H groups in total.